The van der Waals surface area contributed by atoms with Crippen molar-refractivity contribution in [2.45, 2.75) is 33.1 Å². The molecule has 0 heterocycles. The minimum absolute atomic E-state index is 0.230. The molecule has 0 fully saturated rings. The molecule has 0 atom stereocenters. The molecule has 0 aromatic heterocycles. The lowest BCUT2D eigenvalue weighted by atomic mass is 10.2. The van der Waals surface area contributed by atoms with Crippen LogP contribution in [-0.2, 0) is 4.74 Å². The van der Waals surface area contributed by atoms with E-state index < -0.39 is 0 Å². The van der Waals surface area contributed by atoms with Crippen molar-refractivity contribution in [1.82, 2.24) is 4.90 Å². The van der Waals surface area contributed by atoms with Gasteiger partial charge in [0.2, 0.25) is 0 Å². The van der Waals surface area contributed by atoms with Crippen LogP contribution in [0.25, 0.3) is 0 Å². The van der Waals surface area contributed by atoms with Gasteiger partial charge in [0.1, 0.15) is 0 Å². The quantitative estimate of drug-likeness (QED) is 0.486. The molecule has 0 radical (unpaired) electrons. The summed E-state index contributed by atoms with van der Waals surface area (Å²) in [4.78, 5) is 12.9. The second-order valence-electron chi connectivity index (χ2n) is 3.07. The Morgan fingerprint density at radius 3 is 2.57 bits per heavy atom. The van der Waals surface area contributed by atoms with Crippen molar-refractivity contribution in [1.29, 1.82) is 0 Å². The molecule has 0 saturated heterocycles. The van der Waals surface area contributed by atoms with E-state index in [0.717, 1.165) is 25.8 Å². The van der Waals surface area contributed by atoms with Crippen LogP contribution in [0, 0.1) is 0 Å². The summed E-state index contributed by atoms with van der Waals surface area (Å²) < 4.78 is 4.65. The van der Waals surface area contributed by atoms with Crippen LogP contribution >= 0.6 is 0 Å². The average molecular weight is 199 g/mol. The third-order valence-electron chi connectivity index (χ3n) is 2.02. The molecule has 0 saturated carbocycles. The highest BCUT2D eigenvalue weighted by Gasteiger charge is 2.09. The molecule has 0 aromatic carbocycles. The second-order valence-corrected chi connectivity index (χ2v) is 3.07. The predicted octanol–water partition coefficient (Wildman–Crippen LogP) is 2.82. The SMILES string of the molecule is CCC=CCCCN(CC)C(=O)OC. The van der Waals surface area contributed by atoms with Gasteiger partial charge >= 0.3 is 6.09 Å². The van der Waals surface area contributed by atoms with Crippen molar-refractivity contribution >= 4 is 6.09 Å². The fourth-order valence-corrected chi connectivity index (χ4v) is 1.19. The maximum absolute atomic E-state index is 11.1. The van der Waals surface area contributed by atoms with Gasteiger partial charge in [0.15, 0.2) is 0 Å². The molecule has 0 aliphatic carbocycles. The Hall–Kier alpha value is -0.990. The number of allylic oxidation sites excluding steroid dienone is 2. The molecule has 14 heavy (non-hydrogen) atoms. The normalized spacial score (nSPS) is 10.5. The first kappa shape index (κ1) is 13.0. The Morgan fingerprint density at radius 2 is 2.07 bits per heavy atom. The molecule has 0 bridgehead atoms. The standard InChI is InChI=1S/C11H21NO2/c1-4-6-7-8-9-10-12(5-2)11(13)14-3/h6-7H,4-5,8-10H2,1-3H3. The summed E-state index contributed by atoms with van der Waals surface area (Å²) in [6, 6.07) is 0. The van der Waals surface area contributed by atoms with Crippen molar-refractivity contribution in [2.75, 3.05) is 20.2 Å². The predicted molar refractivity (Wildman–Crippen MR) is 58.3 cm³/mol. The van der Waals surface area contributed by atoms with Crippen LogP contribution in [0.4, 0.5) is 4.79 Å². The van der Waals surface area contributed by atoms with Crippen LogP contribution in [0.15, 0.2) is 12.2 Å². The van der Waals surface area contributed by atoms with Crippen molar-refractivity contribution in [3.8, 4) is 0 Å². The van der Waals surface area contributed by atoms with Gasteiger partial charge in [-0.25, -0.2) is 4.79 Å². The number of unbranched alkanes of at least 4 members (excludes halogenated alkanes) is 1. The van der Waals surface area contributed by atoms with Gasteiger partial charge in [-0.3, -0.25) is 0 Å². The van der Waals surface area contributed by atoms with E-state index in [2.05, 4.69) is 23.8 Å². The number of carbonyl (C=O) groups is 1. The molecular formula is C11H21NO2. The van der Waals surface area contributed by atoms with Gasteiger partial charge < -0.3 is 9.64 Å². The number of hydrogen-bond donors (Lipinski definition) is 0. The van der Waals surface area contributed by atoms with Crippen LogP contribution in [0.3, 0.4) is 0 Å². The highest BCUT2D eigenvalue weighted by molar-refractivity contribution is 5.67. The zero-order valence-corrected chi connectivity index (χ0v) is 9.45. The minimum atomic E-state index is -0.230. The molecular weight excluding hydrogens is 178 g/mol. The Labute approximate surface area is 86.7 Å². The number of carbonyl (C=O) groups excluding carboxylic acids is 1. The summed E-state index contributed by atoms with van der Waals surface area (Å²) in [5, 5.41) is 0. The molecule has 0 aliphatic heterocycles. The fraction of sp³-hybridized carbons (Fsp3) is 0.727. The summed E-state index contributed by atoms with van der Waals surface area (Å²) in [5.41, 5.74) is 0. The number of amides is 1. The molecule has 82 valence electrons. The Bertz CT molecular complexity index is 178. The zero-order valence-electron chi connectivity index (χ0n) is 9.45. The number of ether oxygens (including phenoxy) is 1. The van der Waals surface area contributed by atoms with Gasteiger partial charge in [-0.15, -0.1) is 0 Å². The Morgan fingerprint density at radius 1 is 1.36 bits per heavy atom. The molecule has 1 amide bonds. The second kappa shape index (κ2) is 8.60. The van der Waals surface area contributed by atoms with E-state index in [0.29, 0.717) is 6.54 Å². The third kappa shape index (κ3) is 5.62. The number of rotatable bonds is 6. The van der Waals surface area contributed by atoms with Crippen LogP contribution in [-0.4, -0.2) is 31.2 Å². The van der Waals surface area contributed by atoms with E-state index in [9.17, 15) is 4.79 Å². The monoisotopic (exact) mass is 199 g/mol. The molecule has 3 nitrogen and oxygen atoms in total. The van der Waals surface area contributed by atoms with Gasteiger partial charge in [-0.1, -0.05) is 19.1 Å². The Balaban J connectivity index is 3.62. The number of hydrogen-bond acceptors (Lipinski definition) is 2. The maximum atomic E-state index is 11.1. The van der Waals surface area contributed by atoms with E-state index in [1.165, 1.54) is 7.11 Å². The lowest BCUT2D eigenvalue weighted by Gasteiger charge is -2.18. The Kier molecular flexibility index (Phi) is 7.99. The van der Waals surface area contributed by atoms with E-state index in [1.54, 1.807) is 4.90 Å². The van der Waals surface area contributed by atoms with E-state index in [-0.39, 0.29) is 6.09 Å². The highest BCUT2D eigenvalue weighted by Crippen LogP contribution is 1.99. The fourth-order valence-electron chi connectivity index (χ4n) is 1.19. The third-order valence-corrected chi connectivity index (χ3v) is 2.02. The molecule has 0 aromatic rings. The van der Waals surface area contributed by atoms with Crippen LogP contribution in [0.1, 0.15) is 33.1 Å². The lowest BCUT2D eigenvalue weighted by molar-refractivity contribution is 0.125. The largest absolute Gasteiger partial charge is 0.453 e. The van der Waals surface area contributed by atoms with Crippen molar-refractivity contribution in [3.63, 3.8) is 0 Å². The molecule has 0 spiro atoms. The number of methoxy groups -OCH3 is 1. The molecule has 0 rings (SSSR count). The van der Waals surface area contributed by atoms with Crippen molar-refractivity contribution in [2.24, 2.45) is 0 Å². The summed E-state index contributed by atoms with van der Waals surface area (Å²) in [6.45, 7) is 5.56. The smallest absolute Gasteiger partial charge is 0.409 e. The van der Waals surface area contributed by atoms with Crippen LogP contribution in [0.2, 0.25) is 0 Å². The summed E-state index contributed by atoms with van der Waals surface area (Å²) in [5.74, 6) is 0. The first-order valence-corrected chi connectivity index (χ1v) is 5.24. The zero-order chi connectivity index (χ0) is 10.8. The van der Waals surface area contributed by atoms with Crippen molar-refractivity contribution < 1.29 is 9.53 Å². The molecule has 3 heteroatoms. The summed E-state index contributed by atoms with van der Waals surface area (Å²) in [6.07, 6.45) is 7.18. The lowest BCUT2D eigenvalue weighted by Crippen LogP contribution is -2.31. The van der Waals surface area contributed by atoms with Gasteiger partial charge in [0.05, 0.1) is 7.11 Å². The van der Waals surface area contributed by atoms with Gasteiger partial charge in [-0.05, 0) is 26.2 Å². The average Bonchev–Trinajstić information content (AvgIpc) is 2.22. The van der Waals surface area contributed by atoms with Crippen molar-refractivity contribution in [3.05, 3.63) is 12.2 Å². The first-order chi connectivity index (χ1) is 6.76. The first-order valence-electron chi connectivity index (χ1n) is 5.24. The topological polar surface area (TPSA) is 29.5 Å². The minimum Gasteiger partial charge on any atom is -0.453 e. The molecule has 0 N–H and O–H groups in total. The van der Waals surface area contributed by atoms with E-state index in [1.807, 2.05) is 6.92 Å². The van der Waals surface area contributed by atoms with Gasteiger partial charge in [0.25, 0.3) is 0 Å². The summed E-state index contributed by atoms with van der Waals surface area (Å²) in [7, 11) is 1.42. The number of nitrogens with zero attached hydrogens (tertiary/aromatic N) is 1. The maximum Gasteiger partial charge on any atom is 0.409 e. The van der Waals surface area contributed by atoms with Gasteiger partial charge in [0, 0.05) is 13.1 Å². The molecule has 0 aliphatic rings. The van der Waals surface area contributed by atoms with Crippen LogP contribution in [0.5, 0.6) is 0 Å². The van der Waals surface area contributed by atoms with E-state index in [4.69, 9.17) is 0 Å². The molecule has 0 unspecified atom stereocenters. The summed E-state index contributed by atoms with van der Waals surface area (Å²) >= 11 is 0. The van der Waals surface area contributed by atoms with E-state index >= 15 is 0 Å². The van der Waals surface area contributed by atoms with Crippen LogP contribution < -0.4 is 0 Å². The highest BCUT2D eigenvalue weighted by atomic mass is 16.5. The van der Waals surface area contributed by atoms with Gasteiger partial charge in [-0.2, -0.15) is 0 Å².